The number of furan rings is 1. The van der Waals surface area contributed by atoms with Crippen molar-refractivity contribution in [3.05, 3.63) is 46.6 Å². The molecular formula is C12H13BrN2O3S. The summed E-state index contributed by atoms with van der Waals surface area (Å²) in [6, 6.07) is 9.91. The number of halogens is 1. The predicted molar refractivity (Wildman–Crippen MR) is 76.4 cm³/mol. The van der Waals surface area contributed by atoms with E-state index in [1.165, 1.54) is 6.07 Å². The van der Waals surface area contributed by atoms with E-state index in [-0.39, 0.29) is 5.09 Å². The van der Waals surface area contributed by atoms with Gasteiger partial charge >= 0.3 is 0 Å². The van der Waals surface area contributed by atoms with E-state index >= 15 is 0 Å². The second-order valence-corrected chi connectivity index (χ2v) is 6.39. The SMILES string of the molecule is CNCc1ccc(S(=O)(=O)Nc2ccc(Br)cc2)o1. The van der Waals surface area contributed by atoms with Crippen LogP contribution in [0.5, 0.6) is 0 Å². The summed E-state index contributed by atoms with van der Waals surface area (Å²) in [6.07, 6.45) is 0. The Hall–Kier alpha value is -1.31. The predicted octanol–water partition coefficient (Wildman–Crippen LogP) is 2.56. The van der Waals surface area contributed by atoms with Gasteiger partial charge in [0.1, 0.15) is 5.76 Å². The molecule has 2 rings (SSSR count). The van der Waals surface area contributed by atoms with Gasteiger partial charge in [0.15, 0.2) is 0 Å². The number of hydrogen-bond acceptors (Lipinski definition) is 4. The van der Waals surface area contributed by atoms with Crippen molar-refractivity contribution in [1.82, 2.24) is 5.32 Å². The molecule has 0 fully saturated rings. The first kappa shape index (κ1) is 14.1. The van der Waals surface area contributed by atoms with Gasteiger partial charge in [0.2, 0.25) is 5.09 Å². The van der Waals surface area contributed by atoms with Crippen molar-refractivity contribution in [1.29, 1.82) is 0 Å². The minimum atomic E-state index is -3.68. The first-order valence-electron chi connectivity index (χ1n) is 5.53. The molecule has 0 aliphatic carbocycles. The van der Waals surface area contributed by atoms with E-state index < -0.39 is 10.0 Å². The van der Waals surface area contributed by atoms with Gasteiger partial charge < -0.3 is 9.73 Å². The van der Waals surface area contributed by atoms with E-state index in [4.69, 9.17) is 4.42 Å². The molecule has 0 amide bonds. The summed E-state index contributed by atoms with van der Waals surface area (Å²) in [5, 5.41) is 2.79. The van der Waals surface area contributed by atoms with Crippen molar-refractivity contribution in [2.75, 3.05) is 11.8 Å². The van der Waals surface area contributed by atoms with Crippen molar-refractivity contribution < 1.29 is 12.8 Å². The molecule has 2 aromatic rings. The maximum absolute atomic E-state index is 12.1. The molecule has 0 atom stereocenters. The molecule has 1 aromatic heterocycles. The standard InChI is InChI=1S/C12H13BrN2O3S/c1-14-8-11-6-7-12(18-11)19(16,17)15-10-4-2-9(13)3-5-10/h2-7,14-15H,8H2,1H3. The lowest BCUT2D eigenvalue weighted by Crippen LogP contribution is -2.12. The number of sulfonamides is 1. The van der Waals surface area contributed by atoms with Gasteiger partial charge in [0.05, 0.1) is 6.54 Å². The molecule has 0 saturated heterocycles. The van der Waals surface area contributed by atoms with Gasteiger partial charge in [-0.2, -0.15) is 8.42 Å². The van der Waals surface area contributed by atoms with Crippen LogP contribution in [0.2, 0.25) is 0 Å². The number of rotatable bonds is 5. The first-order valence-corrected chi connectivity index (χ1v) is 7.80. The highest BCUT2D eigenvalue weighted by Crippen LogP contribution is 2.20. The van der Waals surface area contributed by atoms with Crippen molar-refractivity contribution in [3.63, 3.8) is 0 Å². The number of anilines is 1. The molecule has 7 heteroatoms. The molecule has 0 aliphatic heterocycles. The molecule has 0 bridgehead atoms. The van der Waals surface area contributed by atoms with Crippen LogP contribution in [-0.2, 0) is 16.6 Å². The van der Waals surface area contributed by atoms with Crippen LogP contribution in [0.15, 0.2) is 50.4 Å². The molecule has 1 heterocycles. The van der Waals surface area contributed by atoms with E-state index in [1.54, 1.807) is 37.4 Å². The van der Waals surface area contributed by atoms with Crippen molar-refractivity contribution in [2.24, 2.45) is 0 Å². The summed E-state index contributed by atoms with van der Waals surface area (Å²) >= 11 is 3.29. The lowest BCUT2D eigenvalue weighted by atomic mass is 10.3. The van der Waals surface area contributed by atoms with Crippen molar-refractivity contribution >= 4 is 31.6 Å². The van der Waals surface area contributed by atoms with Crippen LogP contribution in [0.25, 0.3) is 0 Å². The molecular weight excluding hydrogens is 332 g/mol. The Morgan fingerprint density at radius 1 is 1.16 bits per heavy atom. The fourth-order valence-corrected chi connectivity index (χ4v) is 2.77. The summed E-state index contributed by atoms with van der Waals surface area (Å²) in [6.45, 7) is 0.480. The lowest BCUT2D eigenvalue weighted by molar-refractivity contribution is 0.408. The lowest BCUT2D eigenvalue weighted by Gasteiger charge is -2.05. The molecule has 0 radical (unpaired) electrons. The zero-order valence-electron chi connectivity index (χ0n) is 10.2. The maximum Gasteiger partial charge on any atom is 0.295 e. The summed E-state index contributed by atoms with van der Waals surface area (Å²) in [5.74, 6) is 0.568. The smallest absolute Gasteiger partial charge is 0.295 e. The molecule has 0 spiro atoms. The normalized spacial score (nSPS) is 11.5. The van der Waals surface area contributed by atoms with Crippen LogP contribution in [0.3, 0.4) is 0 Å². The molecule has 19 heavy (non-hydrogen) atoms. The van der Waals surface area contributed by atoms with Crippen LogP contribution in [0.1, 0.15) is 5.76 Å². The highest BCUT2D eigenvalue weighted by molar-refractivity contribution is 9.10. The van der Waals surface area contributed by atoms with E-state index in [2.05, 4.69) is 26.0 Å². The topological polar surface area (TPSA) is 71.3 Å². The van der Waals surface area contributed by atoms with Gasteiger partial charge in [0, 0.05) is 10.2 Å². The monoisotopic (exact) mass is 344 g/mol. The molecule has 0 saturated carbocycles. The van der Waals surface area contributed by atoms with Crippen LogP contribution >= 0.6 is 15.9 Å². The zero-order chi connectivity index (χ0) is 13.9. The fourth-order valence-electron chi connectivity index (χ4n) is 1.50. The zero-order valence-corrected chi connectivity index (χ0v) is 12.6. The fraction of sp³-hybridized carbons (Fsp3) is 0.167. The Balaban J connectivity index is 2.19. The molecule has 5 nitrogen and oxygen atoms in total. The second-order valence-electron chi connectivity index (χ2n) is 3.86. The minimum absolute atomic E-state index is 0.0966. The average Bonchev–Trinajstić information content (AvgIpc) is 2.82. The second kappa shape index (κ2) is 5.77. The van der Waals surface area contributed by atoms with E-state index in [9.17, 15) is 8.42 Å². The largest absolute Gasteiger partial charge is 0.446 e. The molecule has 1 aromatic carbocycles. The van der Waals surface area contributed by atoms with E-state index in [0.29, 0.717) is 18.0 Å². The van der Waals surface area contributed by atoms with Gasteiger partial charge in [-0.15, -0.1) is 0 Å². The Morgan fingerprint density at radius 3 is 2.47 bits per heavy atom. The third-order valence-electron chi connectivity index (χ3n) is 2.35. The van der Waals surface area contributed by atoms with Crippen molar-refractivity contribution in [3.8, 4) is 0 Å². The quantitative estimate of drug-likeness (QED) is 0.874. The molecule has 0 aliphatic rings. The Labute approximate surface area is 120 Å². The van der Waals surface area contributed by atoms with Crippen LogP contribution < -0.4 is 10.0 Å². The summed E-state index contributed by atoms with van der Waals surface area (Å²) in [4.78, 5) is 0. The van der Waals surface area contributed by atoms with E-state index in [1.807, 2.05) is 0 Å². The van der Waals surface area contributed by atoms with Crippen LogP contribution in [0, 0.1) is 0 Å². The summed E-state index contributed by atoms with van der Waals surface area (Å²) in [5.41, 5.74) is 0.481. The Bertz CT molecular complexity index is 650. The molecule has 102 valence electrons. The minimum Gasteiger partial charge on any atom is -0.446 e. The Kier molecular flexibility index (Phi) is 4.28. The number of benzene rings is 1. The highest BCUT2D eigenvalue weighted by atomic mass is 79.9. The van der Waals surface area contributed by atoms with Crippen LogP contribution in [-0.4, -0.2) is 15.5 Å². The summed E-state index contributed by atoms with van der Waals surface area (Å²) in [7, 11) is -1.92. The van der Waals surface area contributed by atoms with E-state index in [0.717, 1.165) is 4.47 Å². The third-order valence-corrected chi connectivity index (χ3v) is 4.13. The van der Waals surface area contributed by atoms with Crippen LogP contribution in [0.4, 0.5) is 5.69 Å². The Morgan fingerprint density at radius 2 is 1.84 bits per heavy atom. The van der Waals surface area contributed by atoms with Gasteiger partial charge in [-0.05, 0) is 43.4 Å². The van der Waals surface area contributed by atoms with Crippen molar-refractivity contribution in [2.45, 2.75) is 11.6 Å². The highest BCUT2D eigenvalue weighted by Gasteiger charge is 2.18. The average molecular weight is 345 g/mol. The number of hydrogen-bond donors (Lipinski definition) is 2. The summed E-state index contributed by atoms with van der Waals surface area (Å²) < 4.78 is 32.7. The van der Waals surface area contributed by atoms with Gasteiger partial charge in [0.25, 0.3) is 10.0 Å². The van der Waals surface area contributed by atoms with Gasteiger partial charge in [-0.3, -0.25) is 4.72 Å². The molecule has 2 N–H and O–H groups in total. The maximum atomic E-state index is 12.1. The third kappa shape index (κ3) is 3.59. The first-order chi connectivity index (χ1) is 9.01. The molecule has 0 unspecified atom stereocenters. The van der Waals surface area contributed by atoms with Gasteiger partial charge in [-0.1, -0.05) is 15.9 Å². The van der Waals surface area contributed by atoms with Gasteiger partial charge in [-0.25, -0.2) is 0 Å². The number of nitrogens with one attached hydrogen (secondary N) is 2.